The minimum atomic E-state index is 0.689. The van der Waals surface area contributed by atoms with Gasteiger partial charge in [-0.2, -0.15) is 0 Å². The zero-order chi connectivity index (χ0) is 21.9. The number of halogens is 1. The SMILES string of the molecule is CN=C(C(=Nc1ccc(Cl)cc1)c1cccc2ccccc12)c1ccc2ccccc2c1. The van der Waals surface area contributed by atoms with Gasteiger partial charge in [0.1, 0.15) is 0 Å². The van der Waals surface area contributed by atoms with Crippen LogP contribution in [0.3, 0.4) is 0 Å². The van der Waals surface area contributed by atoms with Crippen LogP contribution in [0.1, 0.15) is 11.1 Å². The zero-order valence-electron chi connectivity index (χ0n) is 17.7. The summed E-state index contributed by atoms with van der Waals surface area (Å²) in [6, 6.07) is 37.1. The molecule has 0 saturated heterocycles. The van der Waals surface area contributed by atoms with Crippen LogP contribution < -0.4 is 0 Å². The van der Waals surface area contributed by atoms with Crippen LogP contribution in [-0.4, -0.2) is 18.5 Å². The smallest absolute Gasteiger partial charge is 0.0973 e. The molecule has 0 amide bonds. The molecule has 154 valence electrons. The highest BCUT2D eigenvalue weighted by Gasteiger charge is 2.17. The van der Waals surface area contributed by atoms with E-state index in [1.54, 1.807) is 0 Å². The Kier molecular flexibility index (Phi) is 5.53. The lowest BCUT2D eigenvalue weighted by molar-refractivity contribution is 1.43. The van der Waals surface area contributed by atoms with Crippen LogP contribution in [0, 0.1) is 0 Å². The average molecular weight is 433 g/mol. The number of benzene rings is 5. The Morgan fingerprint density at radius 2 is 1.31 bits per heavy atom. The van der Waals surface area contributed by atoms with Crippen LogP contribution in [0.5, 0.6) is 0 Å². The molecule has 0 aromatic heterocycles. The third-order valence-corrected chi connectivity index (χ3v) is 5.84. The number of aliphatic imine (C=N–C) groups is 2. The van der Waals surface area contributed by atoms with E-state index < -0.39 is 0 Å². The lowest BCUT2D eigenvalue weighted by Crippen LogP contribution is -2.17. The van der Waals surface area contributed by atoms with E-state index in [9.17, 15) is 0 Å². The van der Waals surface area contributed by atoms with E-state index in [4.69, 9.17) is 21.6 Å². The van der Waals surface area contributed by atoms with Gasteiger partial charge in [0.05, 0.1) is 17.1 Å². The van der Waals surface area contributed by atoms with Gasteiger partial charge in [-0.05, 0) is 51.9 Å². The van der Waals surface area contributed by atoms with Gasteiger partial charge in [0, 0.05) is 23.2 Å². The fourth-order valence-electron chi connectivity index (χ4n) is 4.03. The molecule has 0 N–H and O–H groups in total. The summed E-state index contributed by atoms with van der Waals surface area (Å²) >= 11 is 6.11. The lowest BCUT2D eigenvalue weighted by Gasteiger charge is -2.14. The highest BCUT2D eigenvalue weighted by Crippen LogP contribution is 2.26. The number of hydrogen-bond acceptors (Lipinski definition) is 2. The van der Waals surface area contributed by atoms with Crippen LogP contribution in [-0.2, 0) is 0 Å². The highest BCUT2D eigenvalue weighted by molar-refractivity contribution is 6.55. The van der Waals surface area contributed by atoms with E-state index in [0.29, 0.717) is 5.02 Å². The van der Waals surface area contributed by atoms with Crippen LogP contribution in [0.25, 0.3) is 21.5 Å². The Hall–Kier alpha value is -3.75. The number of rotatable bonds is 4. The number of hydrogen-bond donors (Lipinski definition) is 0. The van der Waals surface area contributed by atoms with Crippen molar-refractivity contribution in [2.45, 2.75) is 0 Å². The topological polar surface area (TPSA) is 24.7 Å². The molecule has 0 unspecified atom stereocenters. The van der Waals surface area contributed by atoms with Gasteiger partial charge in [-0.1, -0.05) is 90.5 Å². The molecule has 0 bridgehead atoms. The standard InChI is InChI=1S/C29H21ClN2/c1-31-28(23-14-13-20-7-2-3-9-22(20)19-23)29(32-25-17-15-24(30)16-18-25)27-12-6-10-21-8-4-5-11-26(21)27/h2-19H,1H3. The molecule has 0 aliphatic carbocycles. The van der Waals surface area contributed by atoms with E-state index in [0.717, 1.165) is 33.6 Å². The summed E-state index contributed by atoms with van der Waals surface area (Å²) in [4.78, 5) is 9.80. The molecule has 5 aromatic carbocycles. The van der Waals surface area contributed by atoms with Gasteiger partial charge in [0.15, 0.2) is 0 Å². The van der Waals surface area contributed by atoms with E-state index in [-0.39, 0.29) is 0 Å². The van der Waals surface area contributed by atoms with E-state index in [2.05, 4.69) is 84.9 Å². The summed E-state index contributed by atoms with van der Waals surface area (Å²) in [6.45, 7) is 0. The maximum absolute atomic E-state index is 6.11. The van der Waals surface area contributed by atoms with Gasteiger partial charge in [-0.15, -0.1) is 0 Å². The van der Waals surface area contributed by atoms with Crippen LogP contribution in [0.4, 0.5) is 5.69 Å². The van der Waals surface area contributed by atoms with Crippen molar-refractivity contribution in [2.75, 3.05) is 7.05 Å². The third-order valence-electron chi connectivity index (χ3n) is 5.58. The third kappa shape index (κ3) is 3.93. The molecular weight excluding hydrogens is 412 g/mol. The first kappa shape index (κ1) is 20.2. The van der Waals surface area contributed by atoms with Crippen molar-refractivity contribution in [1.82, 2.24) is 0 Å². The molecule has 0 spiro atoms. The Labute approximate surface area is 192 Å². The monoisotopic (exact) mass is 432 g/mol. The molecule has 0 radical (unpaired) electrons. The van der Waals surface area contributed by atoms with Crippen molar-refractivity contribution >= 4 is 50.3 Å². The fraction of sp³-hybridized carbons (Fsp3) is 0.0345. The summed E-state index contributed by atoms with van der Waals surface area (Å²) in [6.07, 6.45) is 0. The predicted octanol–water partition coefficient (Wildman–Crippen LogP) is 7.89. The first-order valence-electron chi connectivity index (χ1n) is 10.5. The second kappa shape index (κ2) is 8.78. The van der Waals surface area contributed by atoms with Crippen LogP contribution in [0.2, 0.25) is 5.02 Å². The van der Waals surface area contributed by atoms with Crippen LogP contribution >= 0.6 is 11.6 Å². The normalized spacial score (nSPS) is 12.4. The van der Waals surface area contributed by atoms with Crippen molar-refractivity contribution in [3.8, 4) is 0 Å². The van der Waals surface area contributed by atoms with Crippen molar-refractivity contribution in [3.05, 3.63) is 125 Å². The Bertz CT molecular complexity index is 1480. The van der Waals surface area contributed by atoms with E-state index in [1.807, 2.05) is 31.3 Å². The average Bonchev–Trinajstić information content (AvgIpc) is 2.85. The van der Waals surface area contributed by atoms with Gasteiger partial charge in [0.25, 0.3) is 0 Å². The van der Waals surface area contributed by atoms with Crippen molar-refractivity contribution in [3.63, 3.8) is 0 Å². The van der Waals surface area contributed by atoms with Crippen LogP contribution in [0.15, 0.2) is 119 Å². The fourth-order valence-corrected chi connectivity index (χ4v) is 4.15. The number of fused-ring (bicyclic) bond motifs is 2. The molecule has 0 fully saturated rings. The first-order chi connectivity index (χ1) is 15.7. The molecule has 3 heteroatoms. The summed E-state index contributed by atoms with van der Waals surface area (Å²) in [5.74, 6) is 0. The molecule has 2 nitrogen and oxygen atoms in total. The maximum atomic E-state index is 6.11. The maximum Gasteiger partial charge on any atom is 0.0973 e. The van der Waals surface area contributed by atoms with E-state index in [1.165, 1.54) is 16.2 Å². The molecule has 0 aliphatic rings. The Morgan fingerprint density at radius 3 is 2.09 bits per heavy atom. The van der Waals surface area contributed by atoms with Gasteiger partial charge < -0.3 is 0 Å². The second-order valence-electron chi connectivity index (χ2n) is 7.60. The summed E-state index contributed by atoms with van der Waals surface area (Å²) < 4.78 is 0. The summed E-state index contributed by atoms with van der Waals surface area (Å²) in [7, 11) is 1.83. The molecular formula is C29H21ClN2. The first-order valence-corrected chi connectivity index (χ1v) is 10.9. The van der Waals surface area contributed by atoms with Gasteiger partial charge >= 0.3 is 0 Å². The molecule has 0 saturated carbocycles. The minimum absolute atomic E-state index is 0.689. The lowest BCUT2D eigenvalue weighted by atomic mass is 9.93. The summed E-state index contributed by atoms with van der Waals surface area (Å²) in [5, 5.41) is 5.38. The van der Waals surface area contributed by atoms with Crippen molar-refractivity contribution in [2.24, 2.45) is 9.98 Å². The quantitative estimate of drug-likeness (QED) is 0.258. The second-order valence-corrected chi connectivity index (χ2v) is 8.03. The molecule has 5 aromatic rings. The van der Waals surface area contributed by atoms with Crippen molar-refractivity contribution in [1.29, 1.82) is 0 Å². The Balaban J connectivity index is 1.75. The molecule has 0 aliphatic heterocycles. The summed E-state index contributed by atoms with van der Waals surface area (Å²) in [5.41, 5.74) is 4.60. The number of nitrogens with zero attached hydrogens (tertiary/aromatic N) is 2. The Morgan fingerprint density at radius 1 is 0.625 bits per heavy atom. The molecule has 0 atom stereocenters. The highest BCUT2D eigenvalue weighted by atomic mass is 35.5. The largest absolute Gasteiger partial charge is 0.286 e. The molecule has 32 heavy (non-hydrogen) atoms. The predicted molar refractivity (Wildman–Crippen MR) is 138 cm³/mol. The van der Waals surface area contributed by atoms with Gasteiger partial charge in [0.2, 0.25) is 0 Å². The van der Waals surface area contributed by atoms with Gasteiger partial charge in [-0.25, -0.2) is 4.99 Å². The zero-order valence-corrected chi connectivity index (χ0v) is 18.4. The molecule has 5 rings (SSSR count). The van der Waals surface area contributed by atoms with E-state index >= 15 is 0 Å². The van der Waals surface area contributed by atoms with Gasteiger partial charge in [-0.3, -0.25) is 4.99 Å². The minimum Gasteiger partial charge on any atom is -0.286 e. The molecule has 0 heterocycles. The van der Waals surface area contributed by atoms with Crippen molar-refractivity contribution < 1.29 is 0 Å².